The number of hydrogen-bond donors (Lipinski definition) is 1. The monoisotopic (exact) mass is 350 g/mol. The van der Waals surface area contributed by atoms with E-state index in [-0.39, 0.29) is 16.5 Å². The first-order valence-corrected chi connectivity index (χ1v) is 8.81. The van der Waals surface area contributed by atoms with Gasteiger partial charge in [0.2, 0.25) is 10.0 Å². The predicted molar refractivity (Wildman–Crippen MR) is 90.9 cm³/mol. The maximum absolute atomic E-state index is 12.9. The molecule has 0 aliphatic rings. The summed E-state index contributed by atoms with van der Waals surface area (Å²) < 4.78 is 39.1. The second kappa shape index (κ2) is 7.11. The molecular formula is C17H19FN2O3S. The number of sulfonamides is 1. The van der Waals surface area contributed by atoms with Crippen molar-refractivity contribution in [2.24, 2.45) is 0 Å². The Morgan fingerprint density at radius 3 is 2.33 bits per heavy atom. The van der Waals surface area contributed by atoms with Crippen LogP contribution < -0.4 is 5.32 Å². The van der Waals surface area contributed by atoms with E-state index in [0.29, 0.717) is 5.69 Å². The number of rotatable bonds is 5. The first-order valence-electron chi connectivity index (χ1n) is 7.37. The molecule has 0 atom stereocenters. The van der Waals surface area contributed by atoms with Gasteiger partial charge in [-0.05, 0) is 56.3 Å². The van der Waals surface area contributed by atoms with Crippen LogP contribution in [0.25, 0.3) is 0 Å². The minimum Gasteiger partial charge on any atom is -0.322 e. The Morgan fingerprint density at radius 2 is 1.75 bits per heavy atom. The Kier molecular flexibility index (Phi) is 5.36. The zero-order valence-corrected chi connectivity index (χ0v) is 14.5. The zero-order valence-electron chi connectivity index (χ0n) is 13.7. The molecule has 0 saturated carbocycles. The van der Waals surface area contributed by atoms with Crippen molar-refractivity contribution in [2.45, 2.75) is 24.8 Å². The van der Waals surface area contributed by atoms with Crippen LogP contribution >= 0.6 is 0 Å². The summed E-state index contributed by atoms with van der Waals surface area (Å²) in [5, 5.41) is 2.60. The van der Waals surface area contributed by atoms with Crippen LogP contribution in [-0.2, 0) is 10.0 Å². The molecule has 0 aromatic heterocycles. The van der Waals surface area contributed by atoms with E-state index in [4.69, 9.17) is 0 Å². The normalized spacial score (nSPS) is 11.8. The molecule has 5 nitrogen and oxygen atoms in total. The van der Waals surface area contributed by atoms with E-state index in [1.807, 2.05) is 0 Å². The zero-order chi connectivity index (χ0) is 17.9. The third kappa shape index (κ3) is 3.98. The number of hydrogen-bond acceptors (Lipinski definition) is 3. The lowest BCUT2D eigenvalue weighted by Crippen LogP contribution is -2.33. The van der Waals surface area contributed by atoms with Crippen molar-refractivity contribution in [2.75, 3.05) is 12.4 Å². The largest absolute Gasteiger partial charge is 0.322 e. The minimum absolute atomic E-state index is 0.0467. The summed E-state index contributed by atoms with van der Waals surface area (Å²) in [7, 11) is -2.18. The number of carbonyl (C=O) groups is 1. The Balaban J connectivity index is 2.27. The Bertz CT molecular complexity index is 833. The third-order valence-electron chi connectivity index (χ3n) is 3.60. The molecule has 0 saturated heterocycles. The second-order valence-electron chi connectivity index (χ2n) is 5.60. The molecule has 0 aliphatic heterocycles. The highest BCUT2D eigenvalue weighted by Gasteiger charge is 2.23. The quantitative estimate of drug-likeness (QED) is 0.901. The van der Waals surface area contributed by atoms with Crippen molar-refractivity contribution in [3.63, 3.8) is 0 Å². The van der Waals surface area contributed by atoms with Gasteiger partial charge in [0.05, 0.1) is 4.90 Å². The van der Waals surface area contributed by atoms with Crippen molar-refractivity contribution >= 4 is 21.6 Å². The van der Waals surface area contributed by atoms with E-state index in [1.165, 1.54) is 59.9 Å². The number of carbonyl (C=O) groups excluding carboxylic acids is 1. The lowest BCUT2D eigenvalue weighted by atomic mass is 10.2. The van der Waals surface area contributed by atoms with Crippen LogP contribution in [0.5, 0.6) is 0 Å². The number of nitrogens with one attached hydrogen (secondary N) is 1. The smallest absolute Gasteiger partial charge is 0.255 e. The molecule has 0 spiro atoms. The van der Waals surface area contributed by atoms with Gasteiger partial charge < -0.3 is 5.32 Å². The van der Waals surface area contributed by atoms with E-state index >= 15 is 0 Å². The van der Waals surface area contributed by atoms with Crippen molar-refractivity contribution in [1.29, 1.82) is 0 Å². The van der Waals surface area contributed by atoms with Crippen LogP contribution in [-0.4, -0.2) is 31.7 Å². The second-order valence-corrected chi connectivity index (χ2v) is 7.60. The minimum atomic E-state index is -3.67. The number of anilines is 1. The molecular weight excluding hydrogens is 331 g/mol. The van der Waals surface area contributed by atoms with Crippen LogP contribution in [0.1, 0.15) is 24.2 Å². The van der Waals surface area contributed by atoms with Crippen molar-refractivity contribution in [3.05, 3.63) is 59.9 Å². The van der Waals surface area contributed by atoms with Crippen LogP contribution in [0.3, 0.4) is 0 Å². The fraction of sp³-hybridized carbons (Fsp3) is 0.235. The van der Waals surface area contributed by atoms with Gasteiger partial charge in [0.15, 0.2) is 0 Å². The maximum atomic E-state index is 12.9. The van der Waals surface area contributed by atoms with E-state index in [2.05, 4.69) is 5.32 Å². The average Bonchev–Trinajstić information content (AvgIpc) is 2.56. The fourth-order valence-corrected chi connectivity index (χ4v) is 3.39. The molecule has 0 heterocycles. The van der Waals surface area contributed by atoms with E-state index in [0.717, 1.165) is 0 Å². The molecule has 2 aromatic carbocycles. The van der Waals surface area contributed by atoms with Crippen LogP contribution in [0, 0.1) is 5.82 Å². The summed E-state index contributed by atoms with van der Waals surface area (Å²) in [5.74, 6) is -0.872. The molecule has 1 amide bonds. The van der Waals surface area contributed by atoms with Gasteiger partial charge in [-0.15, -0.1) is 0 Å². The first-order chi connectivity index (χ1) is 11.2. The molecule has 128 valence electrons. The molecule has 0 bridgehead atoms. The Labute approximate surface area is 141 Å². The molecule has 1 N–H and O–H groups in total. The number of benzene rings is 2. The molecule has 24 heavy (non-hydrogen) atoms. The van der Waals surface area contributed by atoms with Gasteiger partial charge in [0.25, 0.3) is 5.91 Å². The highest BCUT2D eigenvalue weighted by atomic mass is 32.2. The third-order valence-corrected chi connectivity index (χ3v) is 5.63. The van der Waals surface area contributed by atoms with Gasteiger partial charge >= 0.3 is 0 Å². The molecule has 2 aromatic rings. The lowest BCUT2D eigenvalue weighted by Gasteiger charge is -2.21. The van der Waals surface area contributed by atoms with Gasteiger partial charge in [-0.3, -0.25) is 4.79 Å². The summed E-state index contributed by atoms with van der Waals surface area (Å²) in [4.78, 5) is 12.3. The van der Waals surface area contributed by atoms with Crippen LogP contribution in [0.4, 0.5) is 10.1 Å². The van der Waals surface area contributed by atoms with E-state index < -0.39 is 21.7 Å². The standard InChI is InChI=1S/C17H19FN2O3S/c1-12(2)20(3)24(22,23)16-6-4-5-13(11-16)17(21)19-15-9-7-14(18)8-10-15/h4-12H,1-3H3,(H,19,21). The maximum Gasteiger partial charge on any atom is 0.255 e. The Hall–Kier alpha value is -2.25. The SMILES string of the molecule is CC(C)N(C)S(=O)(=O)c1cccc(C(=O)Nc2ccc(F)cc2)c1. The van der Waals surface area contributed by atoms with Crippen molar-refractivity contribution in [3.8, 4) is 0 Å². The van der Waals surface area contributed by atoms with Gasteiger partial charge in [0.1, 0.15) is 5.82 Å². The first kappa shape index (κ1) is 18.1. The van der Waals surface area contributed by atoms with Gasteiger partial charge in [-0.2, -0.15) is 4.31 Å². The van der Waals surface area contributed by atoms with Crippen molar-refractivity contribution < 1.29 is 17.6 Å². The molecule has 2 rings (SSSR count). The summed E-state index contributed by atoms with van der Waals surface area (Å²) in [6.45, 7) is 3.53. The van der Waals surface area contributed by atoms with Gasteiger partial charge in [-0.1, -0.05) is 6.07 Å². The van der Waals surface area contributed by atoms with E-state index in [9.17, 15) is 17.6 Å². The number of nitrogens with zero attached hydrogens (tertiary/aromatic N) is 1. The van der Waals surface area contributed by atoms with Crippen molar-refractivity contribution in [1.82, 2.24) is 4.31 Å². The molecule has 0 aliphatic carbocycles. The molecule has 7 heteroatoms. The average molecular weight is 350 g/mol. The summed E-state index contributed by atoms with van der Waals surface area (Å²) in [6.07, 6.45) is 0. The predicted octanol–water partition coefficient (Wildman–Crippen LogP) is 3.11. The fourth-order valence-electron chi connectivity index (χ4n) is 1.98. The van der Waals surface area contributed by atoms with Crippen LogP contribution in [0.2, 0.25) is 0 Å². The lowest BCUT2D eigenvalue weighted by molar-refractivity contribution is 0.102. The van der Waals surface area contributed by atoms with Gasteiger partial charge in [0, 0.05) is 24.3 Å². The summed E-state index contributed by atoms with van der Waals surface area (Å²) >= 11 is 0. The molecule has 0 radical (unpaired) electrons. The van der Waals surface area contributed by atoms with Gasteiger partial charge in [-0.25, -0.2) is 12.8 Å². The van der Waals surface area contributed by atoms with Crippen LogP contribution in [0.15, 0.2) is 53.4 Å². The summed E-state index contributed by atoms with van der Waals surface area (Å²) in [5.41, 5.74) is 0.631. The van der Waals surface area contributed by atoms with E-state index in [1.54, 1.807) is 13.8 Å². The highest BCUT2D eigenvalue weighted by Crippen LogP contribution is 2.19. The highest BCUT2D eigenvalue weighted by molar-refractivity contribution is 7.89. The topological polar surface area (TPSA) is 66.5 Å². The number of halogens is 1. The Morgan fingerprint density at radius 1 is 1.12 bits per heavy atom. The molecule has 0 unspecified atom stereocenters. The number of amides is 1. The summed E-state index contributed by atoms with van der Waals surface area (Å²) in [6, 6.07) is 10.9. The molecule has 0 fully saturated rings.